The third-order valence-corrected chi connectivity index (χ3v) is 6.64. The molecule has 0 spiro atoms. The zero-order valence-corrected chi connectivity index (χ0v) is 16.5. The Balaban J connectivity index is 1.85. The van der Waals surface area contributed by atoms with Crippen molar-refractivity contribution in [2.24, 2.45) is 0 Å². The van der Waals surface area contributed by atoms with Crippen LogP contribution in [-0.4, -0.2) is 32.8 Å². The predicted molar refractivity (Wildman–Crippen MR) is 106 cm³/mol. The Morgan fingerprint density at radius 1 is 1.11 bits per heavy atom. The van der Waals surface area contributed by atoms with Crippen molar-refractivity contribution in [1.82, 2.24) is 0 Å². The van der Waals surface area contributed by atoms with Gasteiger partial charge in [-0.15, -0.1) is 0 Å². The highest BCUT2D eigenvalue weighted by atomic mass is 32.2. The summed E-state index contributed by atoms with van der Waals surface area (Å²) in [7, 11) is -3.85. The molecule has 6 nitrogen and oxygen atoms in total. The van der Waals surface area contributed by atoms with Crippen molar-refractivity contribution in [3.8, 4) is 0 Å². The van der Waals surface area contributed by atoms with Gasteiger partial charge in [-0.25, -0.2) is 13.2 Å². The molecule has 0 amide bonds. The molecule has 0 N–H and O–H groups in total. The number of carbonyl (C=O) groups is 2. The summed E-state index contributed by atoms with van der Waals surface area (Å²) in [5, 5.41) is 0. The van der Waals surface area contributed by atoms with Crippen LogP contribution in [0.3, 0.4) is 0 Å². The van der Waals surface area contributed by atoms with E-state index in [1.54, 1.807) is 31.2 Å². The number of hydrogen-bond donors (Lipinski definition) is 0. The largest absolute Gasteiger partial charge is 0.451 e. The second-order valence-electron chi connectivity index (χ2n) is 6.64. The van der Waals surface area contributed by atoms with Crippen LogP contribution in [0.25, 0.3) is 0 Å². The van der Waals surface area contributed by atoms with Gasteiger partial charge in [0.1, 0.15) is 0 Å². The summed E-state index contributed by atoms with van der Waals surface area (Å²) in [6, 6.07) is 14.5. The first-order valence-electron chi connectivity index (χ1n) is 9.35. The minimum atomic E-state index is -3.85. The lowest BCUT2D eigenvalue weighted by atomic mass is 9.96. The number of carbonyl (C=O) groups excluding carboxylic acids is 2. The molecular weight excluding hydrogens is 378 g/mol. The SMILES string of the molecule is CCN(c1ccccc1)S(=O)(=O)c1cccc(C(=O)O[C@H]2CCCCC2=O)c1. The number of rotatable bonds is 6. The summed E-state index contributed by atoms with van der Waals surface area (Å²) in [6.07, 6.45) is 1.83. The smallest absolute Gasteiger partial charge is 0.338 e. The maximum atomic E-state index is 13.1. The molecule has 0 saturated heterocycles. The van der Waals surface area contributed by atoms with E-state index in [0.29, 0.717) is 18.5 Å². The molecule has 1 saturated carbocycles. The maximum absolute atomic E-state index is 13.1. The number of Topliss-reactive ketones (excluding diaryl/α,β-unsaturated/α-hetero) is 1. The Morgan fingerprint density at radius 2 is 1.86 bits per heavy atom. The second-order valence-corrected chi connectivity index (χ2v) is 8.50. The lowest BCUT2D eigenvalue weighted by Crippen LogP contribution is -2.31. The number of ketones is 1. The van der Waals surface area contributed by atoms with Crippen LogP contribution in [0.2, 0.25) is 0 Å². The van der Waals surface area contributed by atoms with Crippen LogP contribution in [0.1, 0.15) is 43.0 Å². The summed E-state index contributed by atoms with van der Waals surface area (Å²) in [5.74, 6) is -0.760. The first kappa shape index (κ1) is 20.1. The van der Waals surface area contributed by atoms with Crippen LogP contribution in [0.4, 0.5) is 5.69 Å². The lowest BCUT2D eigenvalue weighted by Gasteiger charge is -2.23. The minimum absolute atomic E-state index is 0.00243. The van der Waals surface area contributed by atoms with Crippen LogP contribution < -0.4 is 4.31 Å². The van der Waals surface area contributed by atoms with Crippen LogP contribution in [0, 0.1) is 0 Å². The average Bonchev–Trinajstić information content (AvgIpc) is 2.71. The molecule has 148 valence electrons. The highest BCUT2D eigenvalue weighted by Crippen LogP contribution is 2.25. The fourth-order valence-electron chi connectivity index (χ4n) is 3.27. The topological polar surface area (TPSA) is 80.8 Å². The van der Waals surface area contributed by atoms with Crippen molar-refractivity contribution in [2.45, 2.75) is 43.6 Å². The lowest BCUT2D eigenvalue weighted by molar-refractivity contribution is -0.129. The van der Waals surface area contributed by atoms with Gasteiger partial charge in [-0.2, -0.15) is 0 Å². The van der Waals surface area contributed by atoms with E-state index in [1.165, 1.54) is 28.6 Å². The van der Waals surface area contributed by atoms with E-state index in [2.05, 4.69) is 0 Å². The summed E-state index contributed by atoms with van der Waals surface area (Å²) in [5.41, 5.74) is 0.661. The summed E-state index contributed by atoms with van der Waals surface area (Å²) < 4.78 is 32.8. The molecule has 2 aromatic rings. The molecule has 0 radical (unpaired) electrons. The van der Waals surface area contributed by atoms with Crippen LogP contribution >= 0.6 is 0 Å². The molecule has 28 heavy (non-hydrogen) atoms. The van der Waals surface area contributed by atoms with Gasteiger partial charge in [0, 0.05) is 13.0 Å². The Morgan fingerprint density at radius 3 is 2.54 bits per heavy atom. The van der Waals surface area contributed by atoms with E-state index in [0.717, 1.165) is 12.8 Å². The molecule has 0 heterocycles. The Kier molecular flexibility index (Phi) is 6.14. The fraction of sp³-hybridized carbons (Fsp3) is 0.333. The van der Waals surface area contributed by atoms with Crippen molar-refractivity contribution in [1.29, 1.82) is 0 Å². The summed E-state index contributed by atoms with van der Waals surface area (Å²) in [6.45, 7) is 1.99. The number of ether oxygens (including phenoxy) is 1. The van der Waals surface area contributed by atoms with Gasteiger partial charge in [0.25, 0.3) is 10.0 Å². The number of benzene rings is 2. The minimum Gasteiger partial charge on any atom is -0.451 e. The molecule has 2 aromatic carbocycles. The second kappa shape index (κ2) is 8.56. The normalized spacial score (nSPS) is 17.2. The maximum Gasteiger partial charge on any atom is 0.338 e. The average molecular weight is 401 g/mol. The summed E-state index contributed by atoms with van der Waals surface area (Å²) >= 11 is 0. The van der Waals surface area contributed by atoms with Gasteiger partial charge in [0.15, 0.2) is 11.9 Å². The van der Waals surface area contributed by atoms with Crippen molar-refractivity contribution >= 4 is 27.5 Å². The molecule has 1 aliphatic rings. The molecule has 3 rings (SSSR count). The van der Waals surface area contributed by atoms with Crippen LogP contribution in [0.5, 0.6) is 0 Å². The number of nitrogens with zero attached hydrogens (tertiary/aromatic N) is 1. The van der Waals surface area contributed by atoms with Crippen molar-refractivity contribution in [2.75, 3.05) is 10.8 Å². The molecule has 0 bridgehead atoms. The Bertz CT molecular complexity index is 956. The van der Waals surface area contributed by atoms with Gasteiger partial charge in [-0.3, -0.25) is 9.10 Å². The Hall–Kier alpha value is -2.67. The highest BCUT2D eigenvalue weighted by molar-refractivity contribution is 7.92. The quantitative estimate of drug-likeness (QED) is 0.691. The molecule has 1 fully saturated rings. The molecular formula is C21H23NO5S. The van der Waals surface area contributed by atoms with Crippen molar-refractivity contribution in [3.63, 3.8) is 0 Å². The molecule has 1 atom stereocenters. The zero-order valence-electron chi connectivity index (χ0n) is 15.7. The highest BCUT2D eigenvalue weighted by Gasteiger charge is 2.28. The van der Waals surface area contributed by atoms with Crippen LogP contribution in [0.15, 0.2) is 59.5 Å². The fourth-order valence-corrected chi connectivity index (χ4v) is 4.79. The predicted octanol–water partition coefficient (Wildman–Crippen LogP) is 3.57. The van der Waals surface area contributed by atoms with E-state index in [-0.39, 0.29) is 22.8 Å². The van der Waals surface area contributed by atoms with Crippen molar-refractivity contribution in [3.05, 3.63) is 60.2 Å². The first-order valence-corrected chi connectivity index (χ1v) is 10.8. The Labute approximate surface area is 165 Å². The monoisotopic (exact) mass is 401 g/mol. The van der Waals surface area contributed by atoms with E-state index < -0.39 is 22.1 Å². The van der Waals surface area contributed by atoms with Gasteiger partial charge in [-0.05, 0) is 56.5 Å². The number of anilines is 1. The third kappa shape index (κ3) is 4.25. The third-order valence-electron chi connectivity index (χ3n) is 4.74. The molecule has 0 unspecified atom stereocenters. The van der Waals surface area contributed by atoms with Crippen LogP contribution in [-0.2, 0) is 19.6 Å². The van der Waals surface area contributed by atoms with Gasteiger partial charge < -0.3 is 4.74 Å². The van der Waals surface area contributed by atoms with Gasteiger partial charge >= 0.3 is 5.97 Å². The number of sulfonamides is 1. The van der Waals surface area contributed by atoms with E-state index >= 15 is 0 Å². The van der Waals surface area contributed by atoms with E-state index in [4.69, 9.17) is 4.74 Å². The number of para-hydroxylation sites is 1. The molecule has 1 aliphatic carbocycles. The van der Waals surface area contributed by atoms with Crippen molar-refractivity contribution < 1.29 is 22.7 Å². The summed E-state index contributed by atoms with van der Waals surface area (Å²) in [4.78, 5) is 24.4. The van der Waals surface area contributed by atoms with E-state index in [1.807, 2.05) is 6.07 Å². The number of esters is 1. The van der Waals surface area contributed by atoms with Gasteiger partial charge in [-0.1, -0.05) is 24.3 Å². The standard InChI is InChI=1S/C21H23NO5S/c1-2-22(17-10-4-3-5-11-17)28(25,26)18-12-8-9-16(15-18)21(24)27-20-14-7-6-13-19(20)23/h3-5,8-12,15,20H,2,6-7,13-14H2,1H3/t20-/m0/s1. The first-order chi connectivity index (χ1) is 13.4. The van der Waals surface area contributed by atoms with Gasteiger partial charge in [0.05, 0.1) is 16.1 Å². The molecule has 7 heteroatoms. The van der Waals surface area contributed by atoms with E-state index in [9.17, 15) is 18.0 Å². The molecule has 0 aliphatic heterocycles. The molecule has 0 aromatic heterocycles. The van der Waals surface area contributed by atoms with Gasteiger partial charge in [0.2, 0.25) is 0 Å². The zero-order chi connectivity index (χ0) is 20.1. The number of hydrogen-bond acceptors (Lipinski definition) is 5.